The van der Waals surface area contributed by atoms with Gasteiger partial charge < -0.3 is 5.11 Å². The van der Waals surface area contributed by atoms with Crippen molar-refractivity contribution in [3.8, 4) is 0 Å². The SMILES string of the molecule is Cc1cccc(C)c1C(O)Cc1ccc(C(C)(C)C)cc1. The van der Waals surface area contributed by atoms with Gasteiger partial charge in [0.05, 0.1) is 6.10 Å². The molecule has 0 fully saturated rings. The van der Waals surface area contributed by atoms with Gasteiger partial charge in [-0.15, -0.1) is 0 Å². The maximum absolute atomic E-state index is 10.6. The predicted molar refractivity (Wildman–Crippen MR) is 89.7 cm³/mol. The number of aliphatic hydroxyl groups is 1. The van der Waals surface area contributed by atoms with Crippen molar-refractivity contribution in [3.63, 3.8) is 0 Å². The highest BCUT2D eigenvalue weighted by atomic mass is 16.3. The van der Waals surface area contributed by atoms with Gasteiger partial charge in [-0.05, 0) is 47.1 Å². The van der Waals surface area contributed by atoms with Gasteiger partial charge in [0, 0.05) is 6.42 Å². The minimum Gasteiger partial charge on any atom is -0.388 e. The van der Waals surface area contributed by atoms with Crippen LogP contribution in [0.3, 0.4) is 0 Å². The number of aliphatic hydroxyl groups excluding tert-OH is 1. The van der Waals surface area contributed by atoms with Crippen LogP contribution in [0.25, 0.3) is 0 Å². The van der Waals surface area contributed by atoms with Crippen molar-refractivity contribution < 1.29 is 5.11 Å². The Morgan fingerprint density at radius 1 is 0.905 bits per heavy atom. The Bertz CT molecular complexity index is 582. The molecule has 0 amide bonds. The van der Waals surface area contributed by atoms with Crippen molar-refractivity contribution in [1.82, 2.24) is 0 Å². The minimum atomic E-state index is -0.438. The molecule has 112 valence electrons. The van der Waals surface area contributed by atoms with Crippen LogP contribution in [0.1, 0.15) is 54.7 Å². The van der Waals surface area contributed by atoms with Gasteiger partial charge in [0.2, 0.25) is 0 Å². The summed E-state index contributed by atoms with van der Waals surface area (Å²) in [6.07, 6.45) is 0.225. The van der Waals surface area contributed by atoms with Gasteiger partial charge in [-0.1, -0.05) is 63.2 Å². The van der Waals surface area contributed by atoms with Crippen LogP contribution in [0, 0.1) is 13.8 Å². The van der Waals surface area contributed by atoms with Gasteiger partial charge in [-0.25, -0.2) is 0 Å². The van der Waals surface area contributed by atoms with E-state index in [-0.39, 0.29) is 5.41 Å². The molecule has 2 aromatic rings. The number of benzene rings is 2. The molecule has 21 heavy (non-hydrogen) atoms. The van der Waals surface area contributed by atoms with E-state index < -0.39 is 6.10 Å². The van der Waals surface area contributed by atoms with Crippen LogP contribution >= 0.6 is 0 Å². The van der Waals surface area contributed by atoms with Crippen LogP contribution in [0.15, 0.2) is 42.5 Å². The normalized spacial score (nSPS) is 13.2. The predicted octanol–water partition coefficient (Wildman–Crippen LogP) is 4.88. The summed E-state index contributed by atoms with van der Waals surface area (Å²) in [5.41, 5.74) is 6.06. The van der Waals surface area contributed by atoms with Crippen LogP contribution in [0.4, 0.5) is 0 Å². The first-order valence-electron chi connectivity index (χ1n) is 7.62. The molecule has 1 unspecified atom stereocenters. The molecule has 1 heteroatoms. The first-order valence-corrected chi connectivity index (χ1v) is 7.62. The van der Waals surface area contributed by atoms with Gasteiger partial charge in [-0.3, -0.25) is 0 Å². The first-order chi connectivity index (χ1) is 9.79. The second-order valence-electron chi connectivity index (χ2n) is 6.97. The third-order valence-corrected chi connectivity index (χ3v) is 4.12. The fourth-order valence-electron chi connectivity index (χ4n) is 2.82. The van der Waals surface area contributed by atoms with E-state index in [1.54, 1.807) is 0 Å². The summed E-state index contributed by atoms with van der Waals surface area (Å²) in [7, 11) is 0. The van der Waals surface area contributed by atoms with Gasteiger partial charge >= 0.3 is 0 Å². The van der Waals surface area contributed by atoms with E-state index in [1.165, 1.54) is 11.1 Å². The average Bonchev–Trinajstić information content (AvgIpc) is 2.38. The fraction of sp³-hybridized carbons (Fsp3) is 0.400. The lowest BCUT2D eigenvalue weighted by Crippen LogP contribution is -2.11. The number of rotatable bonds is 3. The minimum absolute atomic E-state index is 0.170. The summed E-state index contributed by atoms with van der Waals surface area (Å²) in [5.74, 6) is 0. The van der Waals surface area contributed by atoms with Gasteiger partial charge in [-0.2, -0.15) is 0 Å². The molecule has 0 spiro atoms. The van der Waals surface area contributed by atoms with E-state index in [4.69, 9.17) is 0 Å². The summed E-state index contributed by atoms with van der Waals surface area (Å²) in [4.78, 5) is 0. The molecular formula is C20H26O. The molecule has 1 nitrogen and oxygen atoms in total. The lowest BCUT2D eigenvalue weighted by molar-refractivity contribution is 0.177. The maximum atomic E-state index is 10.6. The highest BCUT2D eigenvalue weighted by molar-refractivity contribution is 5.37. The number of hydrogen-bond donors (Lipinski definition) is 1. The molecular weight excluding hydrogens is 256 g/mol. The summed E-state index contributed by atoms with van der Waals surface area (Å²) >= 11 is 0. The third kappa shape index (κ3) is 3.74. The van der Waals surface area contributed by atoms with Crippen LogP contribution in [0.2, 0.25) is 0 Å². The lowest BCUT2D eigenvalue weighted by Gasteiger charge is -2.20. The van der Waals surface area contributed by atoms with Gasteiger partial charge in [0.25, 0.3) is 0 Å². The van der Waals surface area contributed by atoms with Crippen molar-refractivity contribution in [3.05, 3.63) is 70.3 Å². The average molecular weight is 282 g/mol. The van der Waals surface area contributed by atoms with Crippen molar-refractivity contribution in [2.45, 2.75) is 52.6 Å². The van der Waals surface area contributed by atoms with Gasteiger partial charge in [0.15, 0.2) is 0 Å². The number of hydrogen-bond acceptors (Lipinski definition) is 1. The molecule has 0 saturated carbocycles. The summed E-state index contributed by atoms with van der Waals surface area (Å²) in [6, 6.07) is 14.8. The lowest BCUT2D eigenvalue weighted by atomic mass is 9.86. The van der Waals surface area contributed by atoms with Crippen molar-refractivity contribution >= 4 is 0 Å². The van der Waals surface area contributed by atoms with E-state index in [1.807, 2.05) is 6.07 Å². The Morgan fingerprint density at radius 3 is 1.90 bits per heavy atom. The topological polar surface area (TPSA) is 20.2 Å². The van der Waals surface area contributed by atoms with Crippen LogP contribution in [0.5, 0.6) is 0 Å². The molecule has 0 heterocycles. The zero-order valence-corrected chi connectivity index (χ0v) is 13.8. The second-order valence-corrected chi connectivity index (χ2v) is 6.97. The Kier molecular flexibility index (Phi) is 4.53. The molecule has 0 aliphatic carbocycles. The fourth-order valence-corrected chi connectivity index (χ4v) is 2.82. The first kappa shape index (κ1) is 15.8. The monoisotopic (exact) mass is 282 g/mol. The van der Waals surface area contributed by atoms with E-state index in [2.05, 4.69) is 71.0 Å². The molecule has 1 atom stereocenters. The van der Waals surface area contributed by atoms with Crippen LogP contribution in [-0.2, 0) is 11.8 Å². The van der Waals surface area contributed by atoms with Crippen LogP contribution < -0.4 is 0 Å². The molecule has 0 saturated heterocycles. The van der Waals surface area contributed by atoms with E-state index in [0.717, 1.165) is 16.7 Å². The largest absolute Gasteiger partial charge is 0.388 e. The Hall–Kier alpha value is -1.60. The zero-order valence-electron chi connectivity index (χ0n) is 13.8. The molecule has 2 rings (SSSR count). The van der Waals surface area contributed by atoms with Crippen molar-refractivity contribution in [2.75, 3.05) is 0 Å². The highest BCUT2D eigenvalue weighted by Crippen LogP contribution is 2.27. The molecule has 0 aliphatic heterocycles. The van der Waals surface area contributed by atoms with E-state index >= 15 is 0 Å². The second kappa shape index (κ2) is 6.03. The molecule has 0 bridgehead atoms. The van der Waals surface area contributed by atoms with E-state index in [9.17, 15) is 5.11 Å². The van der Waals surface area contributed by atoms with Crippen molar-refractivity contribution in [2.24, 2.45) is 0 Å². The quantitative estimate of drug-likeness (QED) is 0.851. The standard InChI is InChI=1S/C20H26O/c1-14-7-6-8-15(2)19(14)18(21)13-16-9-11-17(12-10-16)20(3,4)5/h6-12,18,21H,13H2,1-5H3. The highest BCUT2D eigenvalue weighted by Gasteiger charge is 2.16. The molecule has 0 aromatic heterocycles. The van der Waals surface area contributed by atoms with Crippen LogP contribution in [-0.4, -0.2) is 5.11 Å². The third-order valence-electron chi connectivity index (χ3n) is 4.12. The molecule has 2 aromatic carbocycles. The summed E-state index contributed by atoms with van der Waals surface area (Å²) in [6.45, 7) is 10.8. The van der Waals surface area contributed by atoms with E-state index in [0.29, 0.717) is 6.42 Å². The maximum Gasteiger partial charge on any atom is 0.0835 e. The Morgan fingerprint density at radius 2 is 1.43 bits per heavy atom. The Balaban J connectivity index is 2.18. The van der Waals surface area contributed by atoms with Gasteiger partial charge in [0.1, 0.15) is 0 Å². The summed E-state index contributed by atoms with van der Waals surface area (Å²) in [5, 5.41) is 10.6. The number of aryl methyl sites for hydroxylation is 2. The Labute approximate surface area is 128 Å². The molecule has 1 N–H and O–H groups in total. The van der Waals surface area contributed by atoms with Crippen molar-refractivity contribution in [1.29, 1.82) is 0 Å². The molecule has 0 aliphatic rings. The zero-order chi connectivity index (χ0) is 15.6. The smallest absolute Gasteiger partial charge is 0.0835 e. The molecule has 0 radical (unpaired) electrons. The summed E-state index contributed by atoms with van der Waals surface area (Å²) < 4.78 is 0.